The Kier molecular flexibility index (Phi) is 8.22. The highest BCUT2D eigenvalue weighted by Gasteiger charge is 2.25. The van der Waals surface area contributed by atoms with Crippen LogP contribution in [-0.4, -0.2) is 41.2 Å². The lowest BCUT2D eigenvalue weighted by Gasteiger charge is -2.24. The number of benzene rings is 3. The highest BCUT2D eigenvalue weighted by molar-refractivity contribution is 5.97. The van der Waals surface area contributed by atoms with E-state index >= 15 is 0 Å². The Morgan fingerprint density at radius 2 is 1.66 bits per heavy atom. The standard InChI is InChI=1S/C28H28N4O6/c1-2-14-31(25-26(29)32(28(36)30-27(25)35)16-19-8-4-3-5-9-19)23(33)17-38-24(34)18-37-22-13-12-20-10-6-7-11-21(20)15-22/h3-13,15H,2,14,16-18,29H2,1H3,(H,30,35,36). The number of anilines is 2. The summed E-state index contributed by atoms with van der Waals surface area (Å²) in [5.74, 6) is -1.08. The van der Waals surface area contributed by atoms with E-state index in [0.29, 0.717) is 12.2 Å². The molecule has 0 fully saturated rings. The molecule has 1 heterocycles. The fraction of sp³-hybridized carbons (Fsp3) is 0.214. The van der Waals surface area contributed by atoms with Gasteiger partial charge in [-0.25, -0.2) is 9.59 Å². The van der Waals surface area contributed by atoms with E-state index in [-0.39, 0.29) is 24.6 Å². The number of hydrogen-bond acceptors (Lipinski definition) is 7. The third-order valence-corrected chi connectivity index (χ3v) is 5.85. The predicted octanol–water partition coefficient (Wildman–Crippen LogP) is 2.69. The van der Waals surface area contributed by atoms with Crippen molar-refractivity contribution >= 4 is 34.2 Å². The molecule has 1 aromatic heterocycles. The Morgan fingerprint density at radius 1 is 0.947 bits per heavy atom. The van der Waals surface area contributed by atoms with Gasteiger partial charge in [-0.3, -0.25) is 19.1 Å². The smallest absolute Gasteiger partial charge is 0.344 e. The second-order valence-corrected chi connectivity index (χ2v) is 8.57. The zero-order chi connectivity index (χ0) is 27.1. The van der Waals surface area contributed by atoms with E-state index < -0.39 is 36.3 Å². The van der Waals surface area contributed by atoms with E-state index in [4.69, 9.17) is 15.2 Å². The van der Waals surface area contributed by atoms with Crippen molar-refractivity contribution in [2.45, 2.75) is 19.9 Å². The number of carbonyl (C=O) groups excluding carboxylic acids is 2. The van der Waals surface area contributed by atoms with Crippen LogP contribution in [0.5, 0.6) is 5.75 Å². The van der Waals surface area contributed by atoms with Crippen molar-refractivity contribution < 1.29 is 19.1 Å². The number of carbonyl (C=O) groups is 2. The van der Waals surface area contributed by atoms with Gasteiger partial charge in [0.15, 0.2) is 18.9 Å². The van der Waals surface area contributed by atoms with E-state index in [1.807, 2.05) is 67.6 Å². The van der Waals surface area contributed by atoms with E-state index in [1.54, 1.807) is 12.1 Å². The van der Waals surface area contributed by atoms with Crippen LogP contribution < -0.4 is 26.6 Å². The number of H-pyrrole nitrogens is 1. The van der Waals surface area contributed by atoms with Crippen molar-refractivity contribution in [2.75, 3.05) is 30.4 Å². The van der Waals surface area contributed by atoms with Crippen molar-refractivity contribution in [3.8, 4) is 5.75 Å². The van der Waals surface area contributed by atoms with E-state index in [1.165, 1.54) is 4.57 Å². The van der Waals surface area contributed by atoms with Crippen molar-refractivity contribution in [1.82, 2.24) is 9.55 Å². The quantitative estimate of drug-likeness (QED) is 0.309. The molecular weight excluding hydrogens is 488 g/mol. The fourth-order valence-corrected chi connectivity index (χ4v) is 4.01. The molecule has 0 saturated heterocycles. The summed E-state index contributed by atoms with van der Waals surface area (Å²) in [5.41, 5.74) is 5.35. The number of fused-ring (bicyclic) bond motifs is 1. The summed E-state index contributed by atoms with van der Waals surface area (Å²) in [6.07, 6.45) is 0.488. The molecule has 0 atom stereocenters. The number of nitrogens with two attached hydrogens (primary N) is 1. The highest BCUT2D eigenvalue weighted by Crippen LogP contribution is 2.21. The van der Waals surface area contributed by atoms with Gasteiger partial charge in [-0.05, 0) is 34.9 Å². The van der Waals surface area contributed by atoms with Crippen LogP contribution >= 0.6 is 0 Å². The molecule has 1 amide bonds. The van der Waals surface area contributed by atoms with Crippen molar-refractivity contribution in [3.63, 3.8) is 0 Å². The number of aromatic amines is 1. The van der Waals surface area contributed by atoms with Crippen LogP contribution in [-0.2, 0) is 20.9 Å². The number of nitrogens with one attached hydrogen (secondary N) is 1. The first kappa shape index (κ1) is 26.2. The van der Waals surface area contributed by atoms with Gasteiger partial charge in [-0.2, -0.15) is 0 Å². The summed E-state index contributed by atoms with van der Waals surface area (Å²) in [7, 11) is 0. The molecule has 3 aromatic carbocycles. The van der Waals surface area contributed by atoms with Crippen molar-refractivity contribution in [2.24, 2.45) is 0 Å². The summed E-state index contributed by atoms with van der Waals surface area (Å²) in [4.78, 5) is 53.9. The summed E-state index contributed by atoms with van der Waals surface area (Å²) in [6, 6.07) is 22.2. The minimum absolute atomic E-state index is 0.102. The molecule has 0 aliphatic carbocycles. The second kappa shape index (κ2) is 11.9. The number of aromatic nitrogens is 2. The maximum atomic E-state index is 13.0. The summed E-state index contributed by atoms with van der Waals surface area (Å²) in [6.45, 7) is 1.01. The topological polar surface area (TPSA) is 137 Å². The summed E-state index contributed by atoms with van der Waals surface area (Å²) < 4.78 is 11.8. The van der Waals surface area contributed by atoms with Gasteiger partial charge in [0.05, 0.1) is 6.54 Å². The Bertz CT molecular complexity index is 1560. The lowest BCUT2D eigenvalue weighted by Crippen LogP contribution is -2.43. The van der Waals surface area contributed by atoms with Crippen LogP contribution in [0.4, 0.5) is 11.5 Å². The minimum Gasteiger partial charge on any atom is -0.482 e. The molecule has 4 rings (SSSR count). The number of amides is 1. The third-order valence-electron chi connectivity index (χ3n) is 5.85. The molecule has 0 spiro atoms. The maximum Gasteiger partial charge on any atom is 0.344 e. The Balaban J connectivity index is 1.45. The molecule has 0 aliphatic heterocycles. The normalized spacial score (nSPS) is 10.8. The number of nitrogen functional groups attached to an aromatic ring is 1. The largest absolute Gasteiger partial charge is 0.482 e. The molecule has 3 N–H and O–H groups in total. The number of rotatable bonds is 10. The Morgan fingerprint density at radius 3 is 2.39 bits per heavy atom. The lowest BCUT2D eigenvalue weighted by molar-refractivity contribution is -0.149. The monoisotopic (exact) mass is 516 g/mol. The van der Waals surface area contributed by atoms with Crippen LogP contribution in [0.2, 0.25) is 0 Å². The molecule has 0 aliphatic rings. The van der Waals surface area contributed by atoms with Gasteiger partial charge in [0.2, 0.25) is 0 Å². The van der Waals surface area contributed by atoms with Gasteiger partial charge in [-0.15, -0.1) is 0 Å². The molecule has 38 heavy (non-hydrogen) atoms. The minimum atomic E-state index is -0.801. The van der Waals surface area contributed by atoms with Crippen LogP contribution in [0.15, 0.2) is 82.4 Å². The van der Waals surface area contributed by atoms with Gasteiger partial charge in [0.1, 0.15) is 11.6 Å². The first-order valence-corrected chi connectivity index (χ1v) is 12.1. The number of nitrogens with zero attached hydrogens (tertiary/aromatic N) is 2. The molecule has 10 heteroatoms. The molecule has 196 valence electrons. The van der Waals surface area contributed by atoms with Gasteiger partial charge < -0.3 is 20.1 Å². The third kappa shape index (κ3) is 6.09. The molecule has 0 saturated carbocycles. The van der Waals surface area contributed by atoms with Crippen LogP contribution in [0.25, 0.3) is 10.8 Å². The summed E-state index contributed by atoms with van der Waals surface area (Å²) >= 11 is 0. The second-order valence-electron chi connectivity index (χ2n) is 8.57. The molecule has 0 radical (unpaired) electrons. The molecular formula is C28H28N4O6. The first-order valence-electron chi connectivity index (χ1n) is 12.1. The molecule has 4 aromatic rings. The van der Waals surface area contributed by atoms with Gasteiger partial charge in [0.25, 0.3) is 11.5 Å². The molecule has 10 nitrogen and oxygen atoms in total. The average molecular weight is 517 g/mol. The first-order chi connectivity index (χ1) is 18.4. The van der Waals surface area contributed by atoms with Gasteiger partial charge >= 0.3 is 11.7 Å². The fourth-order valence-electron chi connectivity index (χ4n) is 4.01. The van der Waals surface area contributed by atoms with Gasteiger partial charge in [0, 0.05) is 6.54 Å². The van der Waals surface area contributed by atoms with E-state index in [2.05, 4.69) is 4.98 Å². The average Bonchev–Trinajstić information content (AvgIpc) is 2.92. The zero-order valence-corrected chi connectivity index (χ0v) is 20.9. The van der Waals surface area contributed by atoms with Gasteiger partial charge in [-0.1, -0.05) is 67.6 Å². The number of ether oxygens (including phenoxy) is 2. The molecule has 0 unspecified atom stereocenters. The predicted molar refractivity (Wildman–Crippen MR) is 144 cm³/mol. The zero-order valence-electron chi connectivity index (χ0n) is 20.9. The van der Waals surface area contributed by atoms with Crippen LogP contribution in [0, 0.1) is 0 Å². The highest BCUT2D eigenvalue weighted by atomic mass is 16.6. The van der Waals surface area contributed by atoms with Crippen molar-refractivity contribution in [3.05, 3.63) is 99.2 Å². The number of esters is 1. The van der Waals surface area contributed by atoms with E-state index in [0.717, 1.165) is 21.2 Å². The Hall–Kier alpha value is -4.86. The van der Waals surface area contributed by atoms with Crippen LogP contribution in [0.3, 0.4) is 0 Å². The van der Waals surface area contributed by atoms with Crippen molar-refractivity contribution in [1.29, 1.82) is 0 Å². The maximum absolute atomic E-state index is 13.0. The Labute approximate surface area is 218 Å². The van der Waals surface area contributed by atoms with E-state index in [9.17, 15) is 19.2 Å². The molecule has 0 bridgehead atoms. The van der Waals surface area contributed by atoms with Crippen LogP contribution in [0.1, 0.15) is 18.9 Å². The summed E-state index contributed by atoms with van der Waals surface area (Å²) in [5, 5.41) is 1.99. The SMILES string of the molecule is CCCN(C(=O)COC(=O)COc1ccc2ccccc2c1)c1c(N)n(Cc2ccccc2)c(=O)[nH]c1=O. The lowest BCUT2D eigenvalue weighted by atomic mass is 10.1. The number of hydrogen-bond donors (Lipinski definition) is 2.